The fraction of sp³-hybridized carbons (Fsp3) is 0.583. The second-order valence-corrected chi connectivity index (χ2v) is 4.56. The third-order valence-corrected chi connectivity index (χ3v) is 3.16. The molecule has 5 nitrogen and oxygen atoms in total. The summed E-state index contributed by atoms with van der Waals surface area (Å²) in [7, 11) is 0. The van der Waals surface area contributed by atoms with Crippen LogP contribution in [0.3, 0.4) is 0 Å². The molecule has 0 radical (unpaired) electrons. The van der Waals surface area contributed by atoms with Crippen LogP contribution in [0.15, 0.2) is 10.9 Å². The summed E-state index contributed by atoms with van der Waals surface area (Å²) in [4.78, 5) is 31.6. The molecular weight excluding hydrogens is 218 g/mol. The van der Waals surface area contributed by atoms with Gasteiger partial charge in [-0.05, 0) is 19.8 Å². The molecular formula is C12H17N3O2. The molecule has 1 amide bonds. The van der Waals surface area contributed by atoms with Crippen LogP contribution in [0.1, 0.15) is 37.2 Å². The van der Waals surface area contributed by atoms with E-state index in [0.717, 1.165) is 25.1 Å². The monoisotopic (exact) mass is 235 g/mol. The van der Waals surface area contributed by atoms with Gasteiger partial charge in [0.25, 0.3) is 5.56 Å². The van der Waals surface area contributed by atoms with Gasteiger partial charge in [0.2, 0.25) is 5.91 Å². The first kappa shape index (κ1) is 11.8. The Morgan fingerprint density at radius 3 is 3.00 bits per heavy atom. The summed E-state index contributed by atoms with van der Waals surface area (Å²) in [5.74, 6) is 0.914. The quantitative estimate of drug-likeness (QED) is 0.783. The molecule has 0 spiro atoms. The molecule has 1 N–H and O–H groups in total. The van der Waals surface area contributed by atoms with E-state index in [9.17, 15) is 9.59 Å². The van der Waals surface area contributed by atoms with Gasteiger partial charge >= 0.3 is 0 Å². The van der Waals surface area contributed by atoms with Crippen molar-refractivity contribution >= 4 is 5.91 Å². The van der Waals surface area contributed by atoms with E-state index in [1.165, 1.54) is 0 Å². The number of rotatable bonds is 1. The third-order valence-electron chi connectivity index (χ3n) is 3.16. The molecule has 1 atom stereocenters. The highest BCUT2D eigenvalue weighted by Gasteiger charge is 2.24. The molecule has 2 heterocycles. The van der Waals surface area contributed by atoms with Crippen LogP contribution in [0.4, 0.5) is 0 Å². The normalized spacial score (nSPS) is 20.4. The number of nitrogens with one attached hydrogen (secondary N) is 1. The summed E-state index contributed by atoms with van der Waals surface area (Å²) >= 11 is 0. The number of nitrogens with zero attached hydrogens (tertiary/aromatic N) is 2. The Morgan fingerprint density at radius 2 is 2.35 bits per heavy atom. The number of H-pyrrole nitrogens is 1. The van der Waals surface area contributed by atoms with Gasteiger partial charge in [0.05, 0.1) is 5.69 Å². The van der Waals surface area contributed by atoms with E-state index < -0.39 is 0 Å². The number of likely N-dealkylation sites (tertiary alicyclic amines) is 1. The summed E-state index contributed by atoms with van der Waals surface area (Å²) in [6.45, 7) is 4.84. The molecule has 0 saturated carbocycles. The van der Waals surface area contributed by atoms with Crippen molar-refractivity contribution in [3.05, 3.63) is 27.9 Å². The van der Waals surface area contributed by atoms with Crippen LogP contribution in [0.2, 0.25) is 0 Å². The van der Waals surface area contributed by atoms with Gasteiger partial charge in [0, 0.05) is 32.0 Å². The highest BCUT2D eigenvalue weighted by atomic mass is 16.2. The summed E-state index contributed by atoms with van der Waals surface area (Å²) in [5.41, 5.74) is 0.685. The number of aromatic amines is 1. The van der Waals surface area contributed by atoms with E-state index in [1.54, 1.807) is 19.9 Å². The number of hydrogen-bond donors (Lipinski definition) is 1. The fourth-order valence-corrected chi connectivity index (χ4v) is 2.32. The zero-order chi connectivity index (χ0) is 12.4. The Morgan fingerprint density at radius 1 is 1.59 bits per heavy atom. The summed E-state index contributed by atoms with van der Waals surface area (Å²) in [5, 5.41) is 0. The molecule has 1 aliphatic rings. The van der Waals surface area contributed by atoms with Gasteiger partial charge in [-0.2, -0.15) is 0 Å². The molecule has 1 aromatic heterocycles. The number of aromatic nitrogens is 2. The molecule has 1 fully saturated rings. The maximum Gasteiger partial charge on any atom is 0.251 e. The van der Waals surface area contributed by atoms with Crippen molar-refractivity contribution in [3.63, 3.8) is 0 Å². The molecule has 0 bridgehead atoms. The van der Waals surface area contributed by atoms with Crippen LogP contribution >= 0.6 is 0 Å². The molecule has 0 unspecified atom stereocenters. The van der Waals surface area contributed by atoms with Crippen molar-refractivity contribution in [2.24, 2.45) is 0 Å². The number of piperidine rings is 1. The van der Waals surface area contributed by atoms with Crippen LogP contribution in [0.25, 0.3) is 0 Å². The van der Waals surface area contributed by atoms with Gasteiger partial charge in [0.1, 0.15) is 5.82 Å². The minimum absolute atomic E-state index is 0.0938. The Balaban J connectivity index is 2.21. The zero-order valence-electron chi connectivity index (χ0n) is 10.2. The summed E-state index contributed by atoms with van der Waals surface area (Å²) in [6, 6.07) is 1.54. The lowest BCUT2D eigenvalue weighted by molar-refractivity contribution is -0.130. The number of aryl methyl sites for hydroxylation is 1. The topological polar surface area (TPSA) is 66.1 Å². The average molecular weight is 235 g/mol. The van der Waals surface area contributed by atoms with E-state index in [2.05, 4.69) is 9.97 Å². The molecule has 1 aromatic rings. The molecule has 0 aliphatic carbocycles. The number of carbonyl (C=O) groups is 1. The Bertz CT molecular complexity index is 481. The van der Waals surface area contributed by atoms with Crippen LogP contribution < -0.4 is 5.56 Å². The zero-order valence-corrected chi connectivity index (χ0v) is 10.2. The van der Waals surface area contributed by atoms with Gasteiger partial charge in [-0.3, -0.25) is 9.59 Å². The minimum atomic E-state index is -0.118. The van der Waals surface area contributed by atoms with Crippen molar-refractivity contribution in [3.8, 4) is 0 Å². The molecule has 5 heteroatoms. The molecule has 1 saturated heterocycles. The van der Waals surface area contributed by atoms with Crippen LogP contribution in [0.5, 0.6) is 0 Å². The fourth-order valence-electron chi connectivity index (χ4n) is 2.32. The molecule has 17 heavy (non-hydrogen) atoms. The van der Waals surface area contributed by atoms with E-state index >= 15 is 0 Å². The maximum atomic E-state index is 11.4. The SMILES string of the molecule is CC(=O)N1CCC[C@H](c2cc(=O)[nH]c(C)n2)C1. The maximum absolute atomic E-state index is 11.4. The second kappa shape index (κ2) is 4.69. The van der Waals surface area contributed by atoms with Crippen LogP contribution in [-0.2, 0) is 4.79 Å². The lowest BCUT2D eigenvalue weighted by atomic mass is 9.94. The summed E-state index contributed by atoms with van der Waals surface area (Å²) in [6.07, 6.45) is 1.96. The second-order valence-electron chi connectivity index (χ2n) is 4.56. The molecule has 2 rings (SSSR count). The molecule has 0 aromatic carbocycles. The Hall–Kier alpha value is -1.65. The van der Waals surface area contributed by atoms with E-state index in [0.29, 0.717) is 12.4 Å². The highest BCUT2D eigenvalue weighted by Crippen LogP contribution is 2.24. The van der Waals surface area contributed by atoms with E-state index in [-0.39, 0.29) is 17.4 Å². The lowest BCUT2D eigenvalue weighted by Gasteiger charge is -2.31. The van der Waals surface area contributed by atoms with Crippen molar-refractivity contribution in [2.75, 3.05) is 13.1 Å². The standard InChI is InChI=1S/C12H17N3O2/c1-8-13-11(6-12(17)14-8)10-4-3-5-15(7-10)9(2)16/h6,10H,3-5,7H2,1-2H3,(H,13,14,17)/t10-/m0/s1. The lowest BCUT2D eigenvalue weighted by Crippen LogP contribution is -2.38. The van der Waals surface area contributed by atoms with Gasteiger partial charge in [-0.15, -0.1) is 0 Å². The minimum Gasteiger partial charge on any atom is -0.342 e. The van der Waals surface area contributed by atoms with Crippen LogP contribution in [0, 0.1) is 6.92 Å². The highest BCUT2D eigenvalue weighted by molar-refractivity contribution is 5.73. The first-order chi connectivity index (χ1) is 8.06. The Kier molecular flexibility index (Phi) is 3.26. The predicted octanol–water partition coefficient (Wildman–Crippen LogP) is 0.804. The molecule has 92 valence electrons. The largest absolute Gasteiger partial charge is 0.342 e. The van der Waals surface area contributed by atoms with Gasteiger partial charge < -0.3 is 9.88 Å². The summed E-state index contributed by atoms with van der Waals surface area (Å²) < 4.78 is 0. The number of carbonyl (C=O) groups excluding carboxylic acids is 1. The van der Waals surface area contributed by atoms with Gasteiger partial charge in [0.15, 0.2) is 0 Å². The van der Waals surface area contributed by atoms with E-state index in [1.807, 2.05) is 4.90 Å². The Labute approximate surface area is 99.9 Å². The third kappa shape index (κ3) is 2.72. The average Bonchev–Trinajstić information content (AvgIpc) is 2.28. The first-order valence-corrected chi connectivity index (χ1v) is 5.89. The molecule has 1 aliphatic heterocycles. The van der Waals surface area contributed by atoms with Gasteiger partial charge in [-0.1, -0.05) is 0 Å². The smallest absolute Gasteiger partial charge is 0.251 e. The van der Waals surface area contributed by atoms with Crippen molar-refractivity contribution in [2.45, 2.75) is 32.6 Å². The number of hydrogen-bond acceptors (Lipinski definition) is 3. The number of amides is 1. The van der Waals surface area contributed by atoms with Crippen molar-refractivity contribution < 1.29 is 4.79 Å². The van der Waals surface area contributed by atoms with E-state index in [4.69, 9.17) is 0 Å². The predicted molar refractivity (Wildman–Crippen MR) is 63.8 cm³/mol. The van der Waals surface area contributed by atoms with Crippen molar-refractivity contribution in [1.29, 1.82) is 0 Å². The van der Waals surface area contributed by atoms with Crippen LogP contribution in [-0.4, -0.2) is 33.9 Å². The first-order valence-electron chi connectivity index (χ1n) is 5.89. The van der Waals surface area contributed by atoms with Gasteiger partial charge in [-0.25, -0.2) is 4.98 Å². The van der Waals surface area contributed by atoms with Crippen molar-refractivity contribution in [1.82, 2.24) is 14.9 Å².